The van der Waals surface area contributed by atoms with Crippen LogP contribution in [0.25, 0.3) is 0 Å². The summed E-state index contributed by atoms with van der Waals surface area (Å²) in [5, 5.41) is 3.15. The van der Waals surface area contributed by atoms with Crippen molar-refractivity contribution in [1.82, 2.24) is 10.2 Å². The third kappa shape index (κ3) is 7.97. The molecule has 0 heterocycles. The lowest BCUT2D eigenvalue weighted by Crippen LogP contribution is -2.54. The van der Waals surface area contributed by atoms with Crippen LogP contribution in [-0.2, 0) is 32.6 Å². The summed E-state index contributed by atoms with van der Waals surface area (Å²) in [6.07, 6.45) is 4.00. The zero-order chi connectivity index (χ0) is 31.8. The fourth-order valence-corrected chi connectivity index (χ4v) is 7.28. The fourth-order valence-electron chi connectivity index (χ4n) is 5.78. The summed E-state index contributed by atoms with van der Waals surface area (Å²) in [5.74, 6) is -1.27. The van der Waals surface area contributed by atoms with E-state index < -0.39 is 34.3 Å². The van der Waals surface area contributed by atoms with Crippen molar-refractivity contribution >= 4 is 27.5 Å². The number of halogens is 1. The van der Waals surface area contributed by atoms with Gasteiger partial charge in [0.2, 0.25) is 11.8 Å². The number of para-hydroxylation sites is 1. The monoisotopic (exact) mass is 627 g/mol. The van der Waals surface area contributed by atoms with Crippen molar-refractivity contribution < 1.29 is 22.4 Å². The summed E-state index contributed by atoms with van der Waals surface area (Å²) in [6, 6.07) is 29.2. The van der Waals surface area contributed by atoms with Gasteiger partial charge < -0.3 is 10.2 Å². The van der Waals surface area contributed by atoms with Gasteiger partial charge in [-0.2, -0.15) is 0 Å². The lowest BCUT2D eigenvalue weighted by atomic mass is 10.0. The Bertz CT molecular complexity index is 1690. The quantitative estimate of drug-likeness (QED) is 0.208. The largest absolute Gasteiger partial charge is 0.352 e. The van der Waals surface area contributed by atoms with Gasteiger partial charge in [0.15, 0.2) is 0 Å². The van der Waals surface area contributed by atoms with E-state index in [2.05, 4.69) is 5.32 Å². The van der Waals surface area contributed by atoms with Crippen LogP contribution in [-0.4, -0.2) is 43.8 Å². The van der Waals surface area contributed by atoms with Crippen LogP contribution in [0.2, 0.25) is 0 Å². The number of anilines is 1. The Labute approximate surface area is 264 Å². The minimum absolute atomic E-state index is 0.0122. The molecule has 234 valence electrons. The van der Waals surface area contributed by atoms with Crippen LogP contribution in [0.4, 0.5) is 10.1 Å². The van der Waals surface area contributed by atoms with E-state index in [0.717, 1.165) is 35.6 Å². The van der Waals surface area contributed by atoms with Crippen LogP contribution < -0.4 is 9.62 Å². The Morgan fingerprint density at radius 2 is 1.42 bits per heavy atom. The summed E-state index contributed by atoms with van der Waals surface area (Å²) < 4.78 is 43.2. The predicted octanol–water partition coefficient (Wildman–Crippen LogP) is 6.03. The average Bonchev–Trinajstić information content (AvgIpc) is 3.56. The van der Waals surface area contributed by atoms with E-state index in [4.69, 9.17) is 0 Å². The van der Waals surface area contributed by atoms with Gasteiger partial charge in [-0.15, -0.1) is 0 Å². The number of rotatable bonds is 12. The minimum atomic E-state index is -4.17. The summed E-state index contributed by atoms with van der Waals surface area (Å²) >= 11 is 0. The van der Waals surface area contributed by atoms with Gasteiger partial charge in [-0.3, -0.25) is 13.9 Å². The molecule has 1 fully saturated rings. The number of carbonyl (C=O) groups is 2. The first-order valence-electron chi connectivity index (χ1n) is 15.2. The first-order valence-corrected chi connectivity index (χ1v) is 16.7. The van der Waals surface area contributed by atoms with Gasteiger partial charge >= 0.3 is 0 Å². The molecule has 0 aromatic heterocycles. The summed E-state index contributed by atoms with van der Waals surface area (Å²) in [6.45, 7) is 1.24. The maximum absolute atomic E-state index is 14.5. The molecule has 9 heteroatoms. The predicted molar refractivity (Wildman–Crippen MR) is 173 cm³/mol. The molecule has 1 aliphatic carbocycles. The molecule has 45 heavy (non-hydrogen) atoms. The molecule has 1 atom stereocenters. The van der Waals surface area contributed by atoms with Gasteiger partial charge in [-0.1, -0.05) is 91.7 Å². The summed E-state index contributed by atoms with van der Waals surface area (Å²) in [7, 11) is -4.17. The Morgan fingerprint density at radius 1 is 0.822 bits per heavy atom. The van der Waals surface area contributed by atoms with Crippen LogP contribution in [0, 0.1) is 12.7 Å². The zero-order valence-corrected chi connectivity index (χ0v) is 26.1. The number of amides is 2. The van der Waals surface area contributed by atoms with Crippen LogP contribution >= 0.6 is 0 Å². The second-order valence-electron chi connectivity index (χ2n) is 11.5. The van der Waals surface area contributed by atoms with E-state index in [1.807, 2.05) is 30.3 Å². The van der Waals surface area contributed by atoms with Gasteiger partial charge in [0.1, 0.15) is 18.4 Å². The van der Waals surface area contributed by atoms with Gasteiger partial charge in [0.25, 0.3) is 10.0 Å². The number of sulfonamides is 1. The van der Waals surface area contributed by atoms with Crippen molar-refractivity contribution in [2.45, 2.75) is 62.6 Å². The molecule has 1 unspecified atom stereocenters. The highest BCUT2D eigenvalue weighted by Gasteiger charge is 2.35. The van der Waals surface area contributed by atoms with E-state index in [1.54, 1.807) is 61.5 Å². The topological polar surface area (TPSA) is 86.8 Å². The van der Waals surface area contributed by atoms with Crippen LogP contribution in [0.1, 0.15) is 42.4 Å². The van der Waals surface area contributed by atoms with Gasteiger partial charge in [-0.05, 0) is 66.8 Å². The molecule has 0 bridgehead atoms. The van der Waals surface area contributed by atoms with E-state index in [-0.39, 0.29) is 29.8 Å². The van der Waals surface area contributed by atoms with Crippen LogP contribution in [0.15, 0.2) is 114 Å². The number of nitrogens with one attached hydrogen (secondary N) is 1. The smallest absolute Gasteiger partial charge is 0.264 e. The highest BCUT2D eigenvalue weighted by Crippen LogP contribution is 2.28. The first-order chi connectivity index (χ1) is 21.7. The number of hydrogen-bond donors (Lipinski definition) is 1. The standard InChI is InChI=1S/C36H38FN3O4S/c1-27-12-8-11-19-33(27)40(45(43,44)32-17-6-3-7-18-32)26-35(41)39(25-29-20-22-30(37)23-21-29)34(24-28-13-4-2-5-14-28)36(42)38-31-15-9-10-16-31/h2-8,11-14,17-23,31,34H,9-10,15-16,24-26H2,1H3,(H,38,42). The third-order valence-electron chi connectivity index (χ3n) is 8.23. The Hall–Kier alpha value is -4.50. The van der Waals surface area contributed by atoms with Crippen molar-refractivity contribution in [1.29, 1.82) is 0 Å². The first kappa shape index (κ1) is 31.9. The maximum atomic E-state index is 14.5. The van der Waals surface area contributed by atoms with Crippen LogP contribution in [0.5, 0.6) is 0 Å². The molecule has 5 rings (SSSR count). The molecular weight excluding hydrogens is 589 g/mol. The molecular formula is C36H38FN3O4S. The van der Waals surface area contributed by atoms with Crippen molar-refractivity contribution in [3.63, 3.8) is 0 Å². The molecule has 0 spiro atoms. The molecule has 0 radical (unpaired) electrons. The van der Waals surface area contributed by atoms with E-state index in [1.165, 1.54) is 29.2 Å². The molecule has 7 nitrogen and oxygen atoms in total. The molecule has 4 aromatic carbocycles. The van der Waals surface area contributed by atoms with Gasteiger partial charge in [0, 0.05) is 19.0 Å². The lowest BCUT2D eigenvalue weighted by molar-refractivity contribution is -0.140. The number of nitrogens with zero attached hydrogens (tertiary/aromatic N) is 2. The number of benzene rings is 4. The molecule has 1 saturated carbocycles. The zero-order valence-electron chi connectivity index (χ0n) is 25.3. The van der Waals surface area contributed by atoms with Crippen molar-refractivity contribution in [3.05, 3.63) is 132 Å². The summed E-state index contributed by atoms with van der Waals surface area (Å²) in [5.41, 5.74) is 2.51. The van der Waals surface area contributed by atoms with E-state index >= 15 is 0 Å². The van der Waals surface area contributed by atoms with E-state index in [9.17, 15) is 22.4 Å². The SMILES string of the molecule is Cc1ccccc1N(CC(=O)N(Cc1ccc(F)cc1)C(Cc1ccccc1)C(=O)NC1CCCC1)S(=O)(=O)c1ccccc1. The Balaban J connectivity index is 1.56. The second-order valence-corrected chi connectivity index (χ2v) is 13.3. The maximum Gasteiger partial charge on any atom is 0.264 e. The highest BCUT2D eigenvalue weighted by molar-refractivity contribution is 7.92. The summed E-state index contributed by atoms with van der Waals surface area (Å²) in [4.78, 5) is 30.0. The number of hydrogen-bond acceptors (Lipinski definition) is 4. The van der Waals surface area contributed by atoms with Crippen molar-refractivity contribution in [3.8, 4) is 0 Å². The second kappa shape index (κ2) is 14.5. The molecule has 0 aliphatic heterocycles. The molecule has 1 aliphatic rings. The van der Waals surface area contributed by atoms with Crippen LogP contribution in [0.3, 0.4) is 0 Å². The van der Waals surface area contributed by atoms with Crippen molar-refractivity contribution in [2.24, 2.45) is 0 Å². The lowest BCUT2D eigenvalue weighted by Gasteiger charge is -2.34. The van der Waals surface area contributed by atoms with Crippen molar-refractivity contribution in [2.75, 3.05) is 10.8 Å². The van der Waals surface area contributed by atoms with E-state index in [0.29, 0.717) is 16.8 Å². The third-order valence-corrected chi connectivity index (χ3v) is 10.0. The highest BCUT2D eigenvalue weighted by atomic mass is 32.2. The molecule has 1 N–H and O–H groups in total. The number of carbonyl (C=O) groups excluding carboxylic acids is 2. The van der Waals surface area contributed by atoms with Gasteiger partial charge in [-0.25, -0.2) is 12.8 Å². The fraction of sp³-hybridized carbons (Fsp3) is 0.278. The molecule has 0 saturated heterocycles. The Kier molecular flexibility index (Phi) is 10.3. The average molecular weight is 628 g/mol. The Morgan fingerprint density at radius 3 is 2.07 bits per heavy atom. The van der Waals surface area contributed by atoms with Gasteiger partial charge in [0.05, 0.1) is 10.6 Å². The normalized spacial score (nSPS) is 14.1. The molecule has 2 amide bonds. The number of aryl methyl sites for hydroxylation is 1. The molecule has 4 aromatic rings. The minimum Gasteiger partial charge on any atom is -0.352 e.